The van der Waals surface area contributed by atoms with Crippen molar-refractivity contribution in [3.63, 3.8) is 0 Å². The van der Waals surface area contributed by atoms with E-state index in [1.165, 1.54) is 6.33 Å². The van der Waals surface area contributed by atoms with E-state index in [1.807, 2.05) is 32.2 Å². The van der Waals surface area contributed by atoms with Crippen molar-refractivity contribution in [3.8, 4) is 17.2 Å². The fourth-order valence-corrected chi connectivity index (χ4v) is 4.18. The maximum absolute atomic E-state index is 9.43. The standard InChI is InChI=1S/C26H30N4O/c1-18-12-20(25(5,6)16-27)9-10-22(18)19-8-11-23(30-13-19)26(31-7,24(2,3)4)21-14-28-17-29-15-21/h8-15,17H,1-7H3. The van der Waals surface area contributed by atoms with Crippen molar-refractivity contribution < 1.29 is 4.74 Å². The summed E-state index contributed by atoms with van der Waals surface area (Å²) < 4.78 is 6.14. The first-order valence-corrected chi connectivity index (χ1v) is 10.4. The molecular weight excluding hydrogens is 384 g/mol. The van der Waals surface area contributed by atoms with Crippen molar-refractivity contribution in [1.29, 1.82) is 5.26 Å². The van der Waals surface area contributed by atoms with Gasteiger partial charge in [0.05, 0.1) is 17.2 Å². The maximum atomic E-state index is 9.43. The molecule has 2 heterocycles. The van der Waals surface area contributed by atoms with Gasteiger partial charge < -0.3 is 4.74 Å². The van der Waals surface area contributed by atoms with Crippen LogP contribution in [-0.4, -0.2) is 22.1 Å². The van der Waals surface area contributed by atoms with Gasteiger partial charge >= 0.3 is 0 Å². The minimum atomic E-state index is -0.789. The summed E-state index contributed by atoms with van der Waals surface area (Å²) in [7, 11) is 1.70. The van der Waals surface area contributed by atoms with Crippen LogP contribution in [0.1, 0.15) is 57.0 Å². The Morgan fingerprint density at radius 2 is 1.58 bits per heavy atom. The number of nitriles is 1. The second kappa shape index (κ2) is 8.20. The molecule has 3 rings (SSSR count). The molecular formula is C26H30N4O. The quantitative estimate of drug-likeness (QED) is 0.545. The Labute approximate surface area is 185 Å². The SMILES string of the molecule is COC(c1cncnc1)(c1ccc(-c2ccc(C(C)(C)C#N)cc2C)cn1)C(C)(C)C. The van der Waals surface area contributed by atoms with Crippen LogP contribution in [0.2, 0.25) is 0 Å². The Kier molecular flexibility index (Phi) is 5.98. The zero-order valence-electron chi connectivity index (χ0n) is 19.4. The number of ether oxygens (including phenoxy) is 1. The molecule has 2 aromatic heterocycles. The molecule has 0 spiro atoms. The van der Waals surface area contributed by atoms with Gasteiger partial charge in [-0.05, 0) is 43.5 Å². The van der Waals surface area contributed by atoms with E-state index in [9.17, 15) is 5.26 Å². The molecule has 31 heavy (non-hydrogen) atoms. The van der Waals surface area contributed by atoms with Crippen LogP contribution in [0, 0.1) is 23.7 Å². The van der Waals surface area contributed by atoms with Crippen molar-refractivity contribution in [3.05, 3.63) is 77.6 Å². The van der Waals surface area contributed by atoms with Crippen LogP contribution in [-0.2, 0) is 15.8 Å². The zero-order valence-corrected chi connectivity index (χ0v) is 19.4. The van der Waals surface area contributed by atoms with Crippen LogP contribution in [0.5, 0.6) is 0 Å². The summed E-state index contributed by atoms with van der Waals surface area (Å²) in [6.07, 6.45) is 6.98. The van der Waals surface area contributed by atoms with Gasteiger partial charge in [-0.2, -0.15) is 5.26 Å². The van der Waals surface area contributed by atoms with Crippen molar-refractivity contribution in [2.75, 3.05) is 7.11 Å². The highest BCUT2D eigenvalue weighted by atomic mass is 16.5. The number of pyridine rings is 1. The Hall–Kier alpha value is -3.10. The first kappa shape index (κ1) is 22.6. The lowest BCUT2D eigenvalue weighted by molar-refractivity contribution is -0.0681. The molecule has 0 amide bonds. The fourth-order valence-electron chi connectivity index (χ4n) is 4.18. The second-order valence-corrected chi connectivity index (χ2v) is 9.46. The first-order chi connectivity index (χ1) is 14.6. The average molecular weight is 415 g/mol. The molecule has 3 aromatic rings. The predicted molar refractivity (Wildman–Crippen MR) is 122 cm³/mol. The van der Waals surface area contributed by atoms with Crippen LogP contribution in [0.25, 0.3) is 11.1 Å². The van der Waals surface area contributed by atoms with Gasteiger partial charge in [0.25, 0.3) is 0 Å². The summed E-state index contributed by atoms with van der Waals surface area (Å²) in [5.41, 5.74) is 4.31. The van der Waals surface area contributed by atoms with E-state index in [4.69, 9.17) is 9.72 Å². The lowest BCUT2D eigenvalue weighted by Crippen LogP contribution is -2.44. The molecule has 0 aliphatic rings. The maximum Gasteiger partial charge on any atom is 0.142 e. The smallest absolute Gasteiger partial charge is 0.142 e. The molecule has 0 saturated carbocycles. The highest BCUT2D eigenvalue weighted by molar-refractivity contribution is 5.67. The van der Waals surface area contributed by atoms with Crippen LogP contribution in [0.15, 0.2) is 55.2 Å². The highest BCUT2D eigenvalue weighted by Gasteiger charge is 2.47. The molecule has 160 valence electrons. The Bertz CT molecular complexity index is 1090. The number of aryl methyl sites for hydroxylation is 1. The predicted octanol–water partition coefficient (Wildman–Crippen LogP) is 5.58. The van der Waals surface area contributed by atoms with E-state index in [2.05, 4.69) is 61.9 Å². The molecule has 0 aliphatic heterocycles. The van der Waals surface area contributed by atoms with Gasteiger partial charge in [0.1, 0.15) is 11.9 Å². The normalized spacial score (nSPS) is 14.0. The Morgan fingerprint density at radius 3 is 2.06 bits per heavy atom. The van der Waals surface area contributed by atoms with E-state index < -0.39 is 11.0 Å². The molecule has 0 saturated heterocycles. The fraction of sp³-hybridized carbons (Fsp3) is 0.385. The molecule has 0 radical (unpaired) electrons. The third kappa shape index (κ3) is 3.96. The van der Waals surface area contributed by atoms with Gasteiger partial charge in [-0.3, -0.25) is 4.98 Å². The highest BCUT2D eigenvalue weighted by Crippen LogP contribution is 2.46. The topological polar surface area (TPSA) is 71.7 Å². The molecule has 1 unspecified atom stereocenters. The van der Waals surface area contributed by atoms with Crippen LogP contribution in [0.3, 0.4) is 0 Å². The summed E-state index contributed by atoms with van der Waals surface area (Å²) in [4.78, 5) is 13.3. The molecule has 5 nitrogen and oxygen atoms in total. The van der Waals surface area contributed by atoms with Gasteiger partial charge in [0, 0.05) is 42.2 Å². The monoisotopic (exact) mass is 414 g/mol. The number of rotatable bonds is 5. The molecule has 0 bridgehead atoms. The molecule has 1 aromatic carbocycles. The number of nitrogens with zero attached hydrogens (tertiary/aromatic N) is 4. The number of benzene rings is 1. The molecule has 0 aliphatic carbocycles. The number of aromatic nitrogens is 3. The minimum absolute atomic E-state index is 0.290. The van der Waals surface area contributed by atoms with Crippen LogP contribution < -0.4 is 0 Å². The second-order valence-electron chi connectivity index (χ2n) is 9.46. The van der Waals surface area contributed by atoms with Crippen molar-refractivity contribution >= 4 is 0 Å². The lowest BCUT2D eigenvalue weighted by atomic mass is 9.70. The third-order valence-electron chi connectivity index (χ3n) is 5.99. The average Bonchev–Trinajstić information content (AvgIpc) is 2.75. The minimum Gasteiger partial charge on any atom is -0.366 e. The Morgan fingerprint density at radius 1 is 0.903 bits per heavy atom. The summed E-state index contributed by atoms with van der Waals surface area (Å²) in [5.74, 6) is 0. The van der Waals surface area contributed by atoms with Gasteiger partial charge in [-0.25, -0.2) is 9.97 Å². The van der Waals surface area contributed by atoms with E-state index in [1.54, 1.807) is 19.5 Å². The summed E-state index contributed by atoms with van der Waals surface area (Å²) >= 11 is 0. The van der Waals surface area contributed by atoms with Crippen LogP contribution >= 0.6 is 0 Å². The van der Waals surface area contributed by atoms with Crippen molar-refractivity contribution in [2.24, 2.45) is 5.41 Å². The molecule has 0 N–H and O–H groups in total. The number of methoxy groups -OCH3 is 1. The van der Waals surface area contributed by atoms with E-state index in [0.717, 1.165) is 33.5 Å². The summed E-state index contributed by atoms with van der Waals surface area (Å²) in [6, 6.07) is 12.6. The zero-order chi connectivity index (χ0) is 22.9. The first-order valence-electron chi connectivity index (χ1n) is 10.4. The van der Waals surface area contributed by atoms with Gasteiger partial charge in [0.2, 0.25) is 0 Å². The van der Waals surface area contributed by atoms with Gasteiger partial charge in [-0.1, -0.05) is 45.0 Å². The summed E-state index contributed by atoms with van der Waals surface area (Å²) in [6.45, 7) is 12.3. The molecule has 0 fully saturated rings. The molecule has 5 heteroatoms. The van der Waals surface area contributed by atoms with E-state index in [-0.39, 0.29) is 5.41 Å². The van der Waals surface area contributed by atoms with Gasteiger partial charge in [0.15, 0.2) is 0 Å². The lowest BCUT2D eigenvalue weighted by Gasteiger charge is -2.43. The van der Waals surface area contributed by atoms with Crippen LogP contribution in [0.4, 0.5) is 0 Å². The third-order valence-corrected chi connectivity index (χ3v) is 5.99. The Balaban J connectivity index is 2.07. The summed E-state index contributed by atoms with van der Waals surface area (Å²) in [5, 5.41) is 9.43. The number of hydrogen-bond acceptors (Lipinski definition) is 5. The largest absolute Gasteiger partial charge is 0.366 e. The van der Waals surface area contributed by atoms with Gasteiger partial charge in [-0.15, -0.1) is 0 Å². The van der Waals surface area contributed by atoms with E-state index in [0.29, 0.717) is 0 Å². The van der Waals surface area contributed by atoms with E-state index >= 15 is 0 Å². The number of hydrogen-bond donors (Lipinski definition) is 0. The van der Waals surface area contributed by atoms with Crippen molar-refractivity contribution in [1.82, 2.24) is 15.0 Å². The van der Waals surface area contributed by atoms with Crippen molar-refractivity contribution in [2.45, 2.75) is 52.6 Å². The molecule has 1 atom stereocenters.